The van der Waals surface area contributed by atoms with Crippen LogP contribution in [-0.2, 0) is 65.4 Å². The average molecular weight is 1330 g/mol. The van der Waals surface area contributed by atoms with Gasteiger partial charge in [-0.15, -0.1) is 0 Å². The Bertz CT molecular complexity index is 1740. The first-order chi connectivity index (χ1) is 43.6. The Kier molecular flexibility index (Phi) is 63.0. The highest BCUT2D eigenvalue weighted by Crippen LogP contribution is 2.45. The minimum atomic E-state index is -4.95. The van der Waals surface area contributed by atoms with Gasteiger partial charge in [-0.2, -0.15) is 0 Å². The summed E-state index contributed by atoms with van der Waals surface area (Å²) < 4.78 is 68.1. The van der Waals surface area contributed by atoms with Gasteiger partial charge in [-0.1, -0.05) is 317 Å². The Morgan fingerprint density at radius 1 is 0.311 bits per heavy atom. The minimum absolute atomic E-state index is 0.105. The summed E-state index contributed by atoms with van der Waals surface area (Å²) in [7, 11) is -9.89. The lowest BCUT2D eigenvalue weighted by Crippen LogP contribution is -2.30. The van der Waals surface area contributed by atoms with Crippen LogP contribution in [0.3, 0.4) is 0 Å². The molecule has 0 bridgehead atoms. The number of hydrogen-bond acceptors (Lipinski definition) is 15. The van der Waals surface area contributed by atoms with Crippen molar-refractivity contribution in [2.24, 2.45) is 5.92 Å². The van der Waals surface area contributed by atoms with E-state index in [1.165, 1.54) is 173 Å². The van der Waals surface area contributed by atoms with Crippen LogP contribution in [0, 0.1) is 5.92 Å². The van der Waals surface area contributed by atoms with Crippen molar-refractivity contribution in [2.75, 3.05) is 39.6 Å². The molecule has 534 valence electrons. The van der Waals surface area contributed by atoms with E-state index in [0.29, 0.717) is 25.7 Å². The van der Waals surface area contributed by atoms with Crippen LogP contribution < -0.4 is 0 Å². The Morgan fingerprint density at radius 3 is 0.789 bits per heavy atom. The lowest BCUT2D eigenvalue weighted by atomic mass is 9.99. The second kappa shape index (κ2) is 64.4. The van der Waals surface area contributed by atoms with Gasteiger partial charge in [-0.25, -0.2) is 9.13 Å². The van der Waals surface area contributed by atoms with Gasteiger partial charge < -0.3 is 33.8 Å². The topological polar surface area (TPSA) is 237 Å². The number of rotatable bonds is 71. The summed E-state index contributed by atoms with van der Waals surface area (Å²) in [6.45, 7) is 7.24. The molecule has 17 nitrogen and oxygen atoms in total. The monoisotopic (exact) mass is 1320 g/mol. The van der Waals surface area contributed by atoms with E-state index in [2.05, 4.69) is 34.6 Å². The summed E-state index contributed by atoms with van der Waals surface area (Å²) in [6.07, 6.45) is 51.5. The Labute approximate surface area is 549 Å². The maximum atomic E-state index is 13.0. The fraction of sp³-hybridized carbons (Fsp3) is 0.944. The number of phosphoric ester groups is 2. The molecule has 90 heavy (non-hydrogen) atoms. The number of carbonyl (C=O) groups excluding carboxylic acids is 4. The third-order valence-electron chi connectivity index (χ3n) is 16.9. The normalized spacial score (nSPS) is 14.4. The number of unbranched alkanes of at least 4 members (excludes halogenated alkanes) is 42. The first-order valence-electron chi connectivity index (χ1n) is 37.2. The lowest BCUT2D eigenvalue weighted by Gasteiger charge is -2.21. The van der Waals surface area contributed by atoms with Gasteiger partial charge in [-0.05, 0) is 31.6 Å². The largest absolute Gasteiger partial charge is 0.472 e. The molecule has 19 heteroatoms. The highest BCUT2D eigenvalue weighted by molar-refractivity contribution is 7.47. The fourth-order valence-corrected chi connectivity index (χ4v) is 12.4. The molecule has 0 saturated heterocycles. The van der Waals surface area contributed by atoms with E-state index < -0.39 is 97.5 Å². The second-order valence-electron chi connectivity index (χ2n) is 25.9. The second-order valence-corrected chi connectivity index (χ2v) is 28.8. The number of hydrogen-bond donors (Lipinski definition) is 3. The standard InChI is InChI=1S/C71H138O17P2/c1-6-10-13-16-19-21-22-23-24-25-26-30-33-36-41-45-50-55-69(74)82-61-67(88-71(76)57-52-47-42-37-34-31-28-27-29-32-35-39-43-48-53-64(5)9-4)63-86-90(79,80)84-59-65(72)58-83-89(77,78)85-62-66(60-81-68(73)54-49-44-38-18-15-12-8-3)87-70(75)56-51-46-40-20-17-14-11-7-2/h64-67,72H,6-63H2,1-5H3,(H,77,78)(H,79,80)/t64?,65-,66+,67+/m0/s1. The van der Waals surface area contributed by atoms with Crippen LogP contribution in [0.25, 0.3) is 0 Å². The summed E-state index contributed by atoms with van der Waals surface area (Å²) in [6, 6.07) is 0. The zero-order chi connectivity index (χ0) is 66.3. The van der Waals surface area contributed by atoms with E-state index >= 15 is 0 Å². The molecule has 0 amide bonds. The van der Waals surface area contributed by atoms with Crippen LogP contribution >= 0.6 is 15.6 Å². The molecule has 0 saturated carbocycles. The number of esters is 4. The molecule has 0 fully saturated rings. The highest BCUT2D eigenvalue weighted by Gasteiger charge is 2.30. The third-order valence-corrected chi connectivity index (χ3v) is 18.8. The molecule has 0 heterocycles. The van der Waals surface area contributed by atoms with Gasteiger partial charge in [0.2, 0.25) is 0 Å². The number of phosphoric acid groups is 2. The molecule has 0 spiro atoms. The van der Waals surface area contributed by atoms with Crippen molar-refractivity contribution in [3.05, 3.63) is 0 Å². The smallest absolute Gasteiger partial charge is 0.462 e. The van der Waals surface area contributed by atoms with Crippen LogP contribution in [-0.4, -0.2) is 96.7 Å². The first-order valence-corrected chi connectivity index (χ1v) is 40.2. The van der Waals surface area contributed by atoms with E-state index in [4.69, 9.17) is 37.0 Å². The molecule has 0 aliphatic heterocycles. The zero-order valence-corrected chi connectivity index (χ0v) is 60.1. The SMILES string of the molecule is CCCCCCCCCCCCCCCCCCCC(=O)OC[C@H](COP(=O)(O)OC[C@@H](O)COP(=O)(O)OC[C@@H](COC(=O)CCCCCCCCC)OC(=O)CCCCCCCCCC)OC(=O)CCCCCCCCCCCCCCCCC(C)CC. The molecule has 0 rings (SSSR count). The van der Waals surface area contributed by atoms with Gasteiger partial charge in [0.25, 0.3) is 0 Å². The van der Waals surface area contributed by atoms with Crippen molar-refractivity contribution in [3.8, 4) is 0 Å². The summed E-state index contributed by atoms with van der Waals surface area (Å²) in [5.74, 6) is -1.28. The fourth-order valence-electron chi connectivity index (χ4n) is 10.8. The average Bonchev–Trinajstić information content (AvgIpc) is 3.07. The zero-order valence-electron chi connectivity index (χ0n) is 58.3. The maximum absolute atomic E-state index is 13.0. The Balaban J connectivity index is 5.16. The molecule has 6 atom stereocenters. The summed E-state index contributed by atoms with van der Waals surface area (Å²) >= 11 is 0. The molecule has 0 aromatic carbocycles. The number of aliphatic hydroxyl groups excluding tert-OH is 1. The van der Waals surface area contributed by atoms with Crippen LogP contribution in [0.1, 0.15) is 369 Å². The van der Waals surface area contributed by atoms with E-state index in [9.17, 15) is 43.2 Å². The minimum Gasteiger partial charge on any atom is -0.462 e. The van der Waals surface area contributed by atoms with Crippen molar-refractivity contribution in [3.63, 3.8) is 0 Å². The number of ether oxygens (including phenoxy) is 4. The first kappa shape index (κ1) is 88.1. The van der Waals surface area contributed by atoms with Crippen molar-refractivity contribution >= 4 is 39.5 Å². The Morgan fingerprint density at radius 2 is 0.533 bits per heavy atom. The molecule has 0 aliphatic rings. The summed E-state index contributed by atoms with van der Waals surface area (Å²) in [4.78, 5) is 72.3. The molecule has 0 aliphatic carbocycles. The van der Waals surface area contributed by atoms with E-state index in [0.717, 1.165) is 115 Å². The van der Waals surface area contributed by atoms with Crippen LogP contribution in [0.5, 0.6) is 0 Å². The summed E-state index contributed by atoms with van der Waals surface area (Å²) in [5, 5.41) is 10.6. The number of aliphatic hydroxyl groups is 1. The molecule has 0 aromatic rings. The van der Waals surface area contributed by atoms with Crippen LogP contribution in [0.15, 0.2) is 0 Å². The number of carbonyl (C=O) groups is 4. The van der Waals surface area contributed by atoms with Crippen LogP contribution in [0.2, 0.25) is 0 Å². The van der Waals surface area contributed by atoms with Gasteiger partial charge >= 0.3 is 39.5 Å². The van der Waals surface area contributed by atoms with Crippen LogP contribution in [0.4, 0.5) is 0 Å². The van der Waals surface area contributed by atoms with Gasteiger partial charge in [-0.3, -0.25) is 37.3 Å². The molecule has 3 unspecified atom stereocenters. The van der Waals surface area contributed by atoms with Crippen molar-refractivity contribution in [2.45, 2.75) is 387 Å². The lowest BCUT2D eigenvalue weighted by molar-refractivity contribution is -0.161. The molecular weight excluding hydrogens is 1190 g/mol. The molecule has 3 N–H and O–H groups in total. The quantitative estimate of drug-likeness (QED) is 0.0222. The van der Waals surface area contributed by atoms with Gasteiger partial charge in [0.1, 0.15) is 19.3 Å². The van der Waals surface area contributed by atoms with Gasteiger partial charge in [0.15, 0.2) is 12.2 Å². The van der Waals surface area contributed by atoms with E-state index in [1.54, 1.807) is 0 Å². The predicted octanol–water partition coefficient (Wildman–Crippen LogP) is 20.5. The molecular formula is C71H138O17P2. The third kappa shape index (κ3) is 63.5. The van der Waals surface area contributed by atoms with Crippen molar-refractivity contribution in [1.29, 1.82) is 0 Å². The van der Waals surface area contributed by atoms with Gasteiger partial charge in [0.05, 0.1) is 26.4 Å². The summed E-state index contributed by atoms with van der Waals surface area (Å²) in [5.41, 5.74) is 0. The molecule has 0 aromatic heterocycles. The Hall–Kier alpha value is -1.94. The van der Waals surface area contributed by atoms with Crippen molar-refractivity contribution < 1.29 is 80.2 Å². The highest BCUT2D eigenvalue weighted by atomic mass is 31.2. The molecule has 0 radical (unpaired) electrons. The van der Waals surface area contributed by atoms with E-state index in [-0.39, 0.29) is 25.7 Å². The maximum Gasteiger partial charge on any atom is 0.472 e. The predicted molar refractivity (Wildman–Crippen MR) is 363 cm³/mol. The van der Waals surface area contributed by atoms with Gasteiger partial charge in [0, 0.05) is 25.7 Å². The van der Waals surface area contributed by atoms with Crippen molar-refractivity contribution in [1.82, 2.24) is 0 Å². The van der Waals surface area contributed by atoms with E-state index in [1.807, 2.05) is 0 Å².